The molecular weight excluding hydrogens is 421 g/mol. The van der Waals surface area contributed by atoms with Gasteiger partial charge in [-0.25, -0.2) is 8.78 Å². The van der Waals surface area contributed by atoms with Crippen molar-refractivity contribution >= 4 is 29.1 Å². The second-order valence-electron chi connectivity index (χ2n) is 7.29. The third-order valence-electron chi connectivity index (χ3n) is 5.04. The average Bonchev–Trinajstić information content (AvgIpc) is 2.65. The average molecular weight is 443 g/mol. The molecular formula is C21H22Cl2F2N2O2. The van der Waals surface area contributed by atoms with Crippen molar-refractivity contribution in [2.75, 3.05) is 19.7 Å². The monoisotopic (exact) mass is 442 g/mol. The Hall–Kier alpha value is -1.89. The molecule has 1 amide bonds. The number of hydrogen-bond acceptors (Lipinski definition) is 3. The topological polar surface area (TPSA) is 32.8 Å². The molecule has 0 aliphatic carbocycles. The Bertz CT molecular complexity index is 856. The molecule has 4 nitrogen and oxygen atoms in total. The number of nitrogens with zero attached hydrogens (tertiary/aromatic N) is 2. The van der Waals surface area contributed by atoms with Crippen molar-refractivity contribution in [3.05, 3.63) is 63.6 Å². The third kappa shape index (κ3) is 5.38. The van der Waals surface area contributed by atoms with Crippen LogP contribution in [0.1, 0.15) is 19.4 Å². The molecule has 1 saturated heterocycles. The highest BCUT2D eigenvalue weighted by molar-refractivity contribution is 6.37. The zero-order chi connectivity index (χ0) is 21.1. The quantitative estimate of drug-likeness (QED) is 0.668. The van der Waals surface area contributed by atoms with E-state index < -0.39 is 5.82 Å². The highest BCUT2D eigenvalue weighted by Gasteiger charge is 2.32. The van der Waals surface area contributed by atoms with Gasteiger partial charge in [0.2, 0.25) is 0 Å². The molecule has 29 heavy (non-hydrogen) atoms. The molecule has 156 valence electrons. The van der Waals surface area contributed by atoms with Gasteiger partial charge in [-0.2, -0.15) is 0 Å². The summed E-state index contributed by atoms with van der Waals surface area (Å²) in [7, 11) is 0. The van der Waals surface area contributed by atoms with Gasteiger partial charge in [-0.1, -0.05) is 35.3 Å². The molecule has 8 heteroatoms. The summed E-state index contributed by atoms with van der Waals surface area (Å²) in [4.78, 5) is 16.7. The molecule has 0 spiro atoms. The molecule has 1 aliphatic heterocycles. The minimum absolute atomic E-state index is 0.0216. The molecule has 0 unspecified atom stereocenters. The molecule has 1 aliphatic rings. The lowest BCUT2D eigenvalue weighted by atomic mass is 10.1. The van der Waals surface area contributed by atoms with Gasteiger partial charge in [-0.15, -0.1) is 0 Å². The second kappa shape index (κ2) is 9.28. The molecule has 0 radical (unpaired) electrons. The van der Waals surface area contributed by atoms with E-state index in [1.54, 1.807) is 17.0 Å². The minimum atomic E-state index is -0.571. The Kier molecular flexibility index (Phi) is 6.98. The van der Waals surface area contributed by atoms with Crippen LogP contribution in [0.4, 0.5) is 8.78 Å². The predicted molar refractivity (Wildman–Crippen MR) is 109 cm³/mol. The summed E-state index contributed by atoms with van der Waals surface area (Å²) >= 11 is 11.9. The van der Waals surface area contributed by atoms with Crippen LogP contribution in [0, 0.1) is 11.6 Å². The fourth-order valence-electron chi connectivity index (χ4n) is 3.47. The maximum atomic E-state index is 13.3. The van der Waals surface area contributed by atoms with Crippen LogP contribution in [0.25, 0.3) is 0 Å². The van der Waals surface area contributed by atoms with E-state index in [9.17, 15) is 13.6 Å². The second-order valence-corrected chi connectivity index (χ2v) is 8.10. The fraction of sp³-hybridized carbons (Fsp3) is 0.381. The summed E-state index contributed by atoms with van der Waals surface area (Å²) in [6.07, 6.45) is 0. The van der Waals surface area contributed by atoms with Gasteiger partial charge < -0.3 is 9.64 Å². The molecule has 2 aromatic carbocycles. The third-order valence-corrected chi connectivity index (χ3v) is 5.60. The highest BCUT2D eigenvalue weighted by Crippen LogP contribution is 2.33. The molecule has 0 N–H and O–H groups in total. The Morgan fingerprint density at radius 1 is 1.03 bits per heavy atom. The van der Waals surface area contributed by atoms with E-state index in [1.807, 2.05) is 13.8 Å². The molecule has 1 fully saturated rings. The van der Waals surface area contributed by atoms with Crippen LogP contribution in [0.5, 0.6) is 5.75 Å². The first-order valence-corrected chi connectivity index (χ1v) is 10.1. The first kappa shape index (κ1) is 21.8. The number of halogens is 4. The number of ether oxygens (including phenoxy) is 1. The lowest BCUT2D eigenvalue weighted by Gasteiger charge is -2.44. The largest absolute Gasteiger partial charge is 0.481 e. The van der Waals surface area contributed by atoms with Gasteiger partial charge in [0.15, 0.2) is 12.4 Å². The minimum Gasteiger partial charge on any atom is -0.481 e. The molecule has 0 saturated carbocycles. The summed E-state index contributed by atoms with van der Waals surface area (Å²) in [6.45, 7) is 5.69. The number of carbonyl (C=O) groups excluding carboxylic acids is 1. The standard InChI is InChI=1S/C21H22Cl2F2N2O2/c1-13-10-27(14(2)9-26(13)11-15-3-5-16(24)6-4-15)20(28)12-29-21-18(22)7-17(25)8-19(21)23/h3-8,13-14H,9-12H2,1-2H3/t13-,14+/m1/s1. The van der Waals surface area contributed by atoms with Crippen LogP contribution in [-0.4, -0.2) is 47.5 Å². The van der Waals surface area contributed by atoms with E-state index in [0.29, 0.717) is 19.6 Å². The molecule has 0 bridgehead atoms. The lowest BCUT2D eigenvalue weighted by molar-refractivity contribution is -0.139. The van der Waals surface area contributed by atoms with Crippen LogP contribution in [0.2, 0.25) is 10.0 Å². The highest BCUT2D eigenvalue weighted by atomic mass is 35.5. The Morgan fingerprint density at radius 2 is 1.66 bits per heavy atom. The number of amides is 1. The van der Waals surface area contributed by atoms with Crippen molar-refractivity contribution in [3.63, 3.8) is 0 Å². The predicted octanol–water partition coefficient (Wildman–Crippen LogP) is 4.77. The normalized spacial score (nSPS) is 20.0. The van der Waals surface area contributed by atoms with E-state index in [2.05, 4.69) is 4.90 Å². The summed E-state index contributed by atoms with van der Waals surface area (Å²) in [5.41, 5.74) is 1.02. The van der Waals surface area contributed by atoms with Crippen LogP contribution < -0.4 is 4.74 Å². The molecule has 2 atom stereocenters. The zero-order valence-corrected chi connectivity index (χ0v) is 17.7. The summed E-state index contributed by atoms with van der Waals surface area (Å²) in [6, 6.07) is 8.72. The maximum Gasteiger partial charge on any atom is 0.260 e. The van der Waals surface area contributed by atoms with Crippen LogP contribution in [0.15, 0.2) is 36.4 Å². The van der Waals surface area contributed by atoms with Crippen LogP contribution >= 0.6 is 23.2 Å². The van der Waals surface area contributed by atoms with Crippen molar-refractivity contribution < 1.29 is 18.3 Å². The summed E-state index contributed by atoms with van der Waals surface area (Å²) < 4.78 is 31.9. The number of piperazine rings is 1. The van der Waals surface area contributed by atoms with Gasteiger partial charge in [0.25, 0.3) is 5.91 Å². The van der Waals surface area contributed by atoms with Crippen LogP contribution in [-0.2, 0) is 11.3 Å². The van der Waals surface area contributed by atoms with Gasteiger partial charge in [-0.05, 0) is 43.7 Å². The van der Waals surface area contributed by atoms with E-state index in [-0.39, 0.29) is 46.2 Å². The van der Waals surface area contributed by atoms with Gasteiger partial charge in [0.05, 0.1) is 10.0 Å². The van der Waals surface area contributed by atoms with Crippen molar-refractivity contribution in [1.29, 1.82) is 0 Å². The van der Waals surface area contributed by atoms with Gasteiger partial charge >= 0.3 is 0 Å². The SMILES string of the molecule is C[C@@H]1CN(C(=O)COc2c(Cl)cc(F)cc2Cl)[C@@H](C)CN1Cc1ccc(F)cc1. The van der Waals surface area contributed by atoms with E-state index >= 15 is 0 Å². The fourth-order valence-corrected chi connectivity index (χ4v) is 4.04. The molecule has 3 rings (SSSR count). The number of rotatable bonds is 5. The van der Waals surface area contributed by atoms with Crippen molar-refractivity contribution in [2.24, 2.45) is 0 Å². The van der Waals surface area contributed by atoms with Crippen molar-refractivity contribution in [1.82, 2.24) is 9.80 Å². The maximum absolute atomic E-state index is 13.3. The van der Waals surface area contributed by atoms with Crippen molar-refractivity contribution in [2.45, 2.75) is 32.5 Å². The van der Waals surface area contributed by atoms with E-state index in [1.165, 1.54) is 12.1 Å². The Morgan fingerprint density at radius 3 is 2.28 bits per heavy atom. The zero-order valence-electron chi connectivity index (χ0n) is 16.2. The summed E-state index contributed by atoms with van der Waals surface area (Å²) in [5.74, 6) is -0.925. The Balaban J connectivity index is 1.59. The Labute approximate surface area is 178 Å². The summed E-state index contributed by atoms with van der Waals surface area (Å²) in [5, 5.41) is 0.0432. The molecule has 1 heterocycles. The van der Waals surface area contributed by atoms with Gasteiger partial charge in [0, 0.05) is 31.7 Å². The number of hydrogen-bond donors (Lipinski definition) is 0. The van der Waals surface area contributed by atoms with Gasteiger partial charge in [0.1, 0.15) is 11.6 Å². The first-order chi connectivity index (χ1) is 13.7. The smallest absolute Gasteiger partial charge is 0.260 e. The number of carbonyl (C=O) groups is 1. The molecule has 2 aromatic rings. The molecule has 0 aromatic heterocycles. The van der Waals surface area contributed by atoms with Crippen LogP contribution in [0.3, 0.4) is 0 Å². The lowest BCUT2D eigenvalue weighted by Crippen LogP contribution is -2.58. The van der Waals surface area contributed by atoms with E-state index in [4.69, 9.17) is 27.9 Å². The van der Waals surface area contributed by atoms with Crippen molar-refractivity contribution in [3.8, 4) is 5.75 Å². The number of benzene rings is 2. The van der Waals surface area contributed by atoms with E-state index in [0.717, 1.165) is 17.7 Å². The first-order valence-electron chi connectivity index (χ1n) is 9.30. The van der Waals surface area contributed by atoms with Gasteiger partial charge in [-0.3, -0.25) is 9.69 Å².